The highest BCUT2D eigenvalue weighted by atomic mass is 32.2. The van der Waals surface area contributed by atoms with Crippen molar-refractivity contribution >= 4 is 12.0 Å². The first-order valence-electron chi connectivity index (χ1n) is 2.70. The van der Waals surface area contributed by atoms with Crippen LogP contribution in [0, 0.1) is 6.92 Å². The Bertz CT molecular complexity index is 261. The summed E-state index contributed by atoms with van der Waals surface area (Å²) in [6.07, 6.45) is -4.70. The maximum Gasteiger partial charge on any atom is 0.534 e. The molecule has 1 aromatic rings. The lowest BCUT2D eigenvalue weighted by molar-refractivity contribution is -0.267. The fraction of sp³-hybridized carbons (Fsp3) is 0.500. The average Bonchev–Trinajstić information content (AvgIpc) is 2.30. The minimum Gasteiger partial charge on any atom is -0.325 e. The first-order chi connectivity index (χ1) is 5.47. The third kappa shape index (κ3) is 3.09. The van der Waals surface area contributed by atoms with Crippen LogP contribution in [-0.4, -0.2) is 16.5 Å². The van der Waals surface area contributed by atoms with Gasteiger partial charge in [-0.25, -0.2) is 4.18 Å². The molecule has 1 aromatic heterocycles. The summed E-state index contributed by atoms with van der Waals surface area (Å²) in [7, 11) is 0. The Morgan fingerprint density at radius 2 is 2.17 bits per heavy atom. The number of halogens is 3. The van der Waals surface area contributed by atoms with Gasteiger partial charge >= 0.3 is 11.6 Å². The summed E-state index contributed by atoms with van der Waals surface area (Å²) < 4.78 is 41.9. The lowest BCUT2D eigenvalue weighted by atomic mass is 10.8. The zero-order valence-corrected chi connectivity index (χ0v) is 6.57. The molecule has 0 fully saturated rings. The summed E-state index contributed by atoms with van der Waals surface area (Å²) in [5, 5.41) is 2.99. The predicted octanol–water partition coefficient (Wildman–Crippen LogP) is 1.92. The smallest absolute Gasteiger partial charge is 0.325 e. The maximum atomic E-state index is 11.4. The molecule has 12 heavy (non-hydrogen) atoms. The molecule has 1 rings (SSSR count). The van der Waals surface area contributed by atoms with E-state index in [2.05, 4.69) is 18.8 Å². The normalized spacial score (nSPS) is 12.0. The second-order valence-corrected chi connectivity index (χ2v) is 2.40. The number of aryl methyl sites for hydroxylation is 1. The molecule has 68 valence electrons. The van der Waals surface area contributed by atoms with Gasteiger partial charge in [0.2, 0.25) is 0 Å². The topological polar surface area (TPSA) is 48.2 Å². The van der Waals surface area contributed by atoms with Crippen LogP contribution < -0.4 is 0 Å². The summed E-state index contributed by atoms with van der Waals surface area (Å²) in [5.41, 5.74) is 0. The van der Waals surface area contributed by atoms with Gasteiger partial charge in [0.15, 0.2) is 5.82 Å². The zero-order valence-electron chi connectivity index (χ0n) is 5.75. The van der Waals surface area contributed by atoms with E-state index < -0.39 is 6.36 Å². The first-order valence-corrected chi connectivity index (χ1v) is 3.44. The maximum absolute atomic E-state index is 11.4. The molecule has 4 nitrogen and oxygen atoms in total. The van der Waals surface area contributed by atoms with Crippen molar-refractivity contribution < 1.29 is 21.9 Å². The molecule has 1 heterocycles. The molecule has 0 aliphatic rings. The van der Waals surface area contributed by atoms with Gasteiger partial charge in [-0.1, -0.05) is 5.16 Å². The van der Waals surface area contributed by atoms with Crippen LogP contribution in [0.2, 0.25) is 0 Å². The SMILES string of the molecule is Cc1noc(SOC(F)(F)F)n1. The highest BCUT2D eigenvalue weighted by Gasteiger charge is 2.31. The molecule has 0 radical (unpaired) electrons. The monoisotopic (exact) mass is 200 g/mol. The molecule has 0 saturated heterocycles. The van der Waals surface area contributed by atoms with Crippen LogP contribution in [0.25, 0.3) is 0 Å². The van der Waals surface area contributed by atoms with Crippen molar-refractivity contribution in [2.24, 2.45) is 0 Å². The van der Waals surface area contributed by atoms with Crippen molar-refractivity contribution in [2.75, 3.05) is 0 Å². The van der Waals surface area contributed by atoms with E-state index in [1.54, 1.807) is 0 Å². The third-order valence-electron chi connectivity index (χ3n) is 0.716. The molecule has 0 spiro atoms. The van der Waals surface area contributed by atoms with E-state index in [9.17, 15) is 13.2 Å². The molecule has 0 bridgehead atoms. The molecule has 0 saturated carbocycles. The molecular weight excluding hydrogens is 197 g/mol. The van der Waals surface area contributed by atoms with Crippen molar-refractivity contribution in [1.82, 2.24) is 10.1 Å². The molecular formula is C4H3F3N2O2S. The summed E-state index contributed by atoms with van der Waals surface area (Å²) in [5.74, 6) is 0.253. The molecule has 0 amide bonds. The van der Waals surface area contributed by atoms with Gasteiger partial charge in [0.25, 0.3) is 0 Å². The Labute approximate surface area is 69.3 Å². The second kappa shape index (κ2) is 3.31. The Balaban J connectivity index is 2.44. The van der Waals surface area contributed by atoms with E-state index in [1.807, 2.05) is 0 Å². The fourth-order valence-corrected chi connectivity index (χ4v) is 0.798. The van der Waals surface area contributed by atoms with E-state index >= 15 is 0 Å². The van der Waals surface area contributed by atoms with E-state index in [4.69, 9.17) is 0 Å². The predicted molar refractivity (Wildman–Crippen MR) is 32.0 cm³/mol. The highest BCUT2D eigenvalue weighted by Crippen LogP contribution is 2.27. The van der Waals surface area contributed by atoms with Gasteiger partial charge in [-0.2, -0.15) is 4.98 Å². The second-order valence-electron chi connectivity index (χ2n) is 1.72. The molecule has 0 N–H and O–H groups in total. The largest absolute Gasteiger partial charge is 0.534 e. The van der Waals surface area contributed by atoms with E-state index in [0.717, 1.165) is 0 Å². The van der Waals surface area contributed by atoms with Gasteiger partial charge < -0.3 is 4.52 Å². The number of alkyl halides is 3. The van der Waals surface area contributed by atoms with Crippen LogP contribution >= 0.6 is 12.0 Å². The Hall–Kier alpha value is -0.760. The lowest BCUT2D eigenvalue weighted by Crippen LogP contribution is -2.07. The quantitative estimate of drug-likeness (QED) is 0.682. The molecule has 0 aromatic carbocycles. The highest BCUT2D eigenvalue weighted by molar-refractivity contribution is 7.94. The van der Waals surface area contributed by atoms with Crippen molar-refractivity contribution in [1.29, 1.82) is 0 Å². The number of rotatable bonds is 2. The van der Waals surface area contributed by atoms with Gasteiger partial charge in [-0.15, -0.1) is 13.2 Å². The zero-order chi connectivity index (χ0) is 9.19. The Morgan fingerprint density at radius 1 is 1.50 bits per heavy atom. The van der Waals surface area contributed by atoms with Gasteiger partial charge in [-0.3, -0.25) is 0 Å². The minimum absolute atomic E-state index is 0.0171. The third-order valence-corrected chi connectivity index (χ3v) is 1.30. The molecule has 0 aliphatic carbocycles. The lowest BCUT2D eigenvalue weighted by Gasteiger charge is -2.00. The van der Waals surface area contributed by atoms with Crippen molar-refractivity contribution in [2.45, 2.75) is 18.5 Å². The van der Waals surface area contributed by atoms with Crippen LogP contribution in [-0.2, 0) is 4.18 Å². The molecule has 8 heteroatoms. The fourth-order valence-electron chi connectivity index (χ4n) is 0.395. The minimum atomic E-state index is -4.70. The van der Waals surface area contributed by atoms with Crippen LogP contribution in [0.4, 0.5) is 13.2 Å². The van der Waals surface area contributed by atoms with Gasteiger partial charge in [0, 0.05) is 0 Å². The number of hydrogen-bond acceptors (Lipinski definition) is 5. The summed E-state index contributed by atoms with van der Waals surface area (Å²) in [4.78, 5) is 3.47. The van der Waals surface area contributed by atoms with Crippen LogP contribution in [0.5, 0.6) is 0 Å². The van der Waals surface area contributed by atoms with E-state index in [1.165, 1.54) is 6.92 Å². The summed E-state index contributed by atoms with van der Waals surface area (Å²) in [6.45, 7) is 1.49. The summed E-state index contributed by atoms with van der Waals surface area (Å²) >= 11 is -0.0171. The molecule has 0 unspecified atom stereocenters. The number of aromatic nitrogens is 2. The van der Waals surface area contributed by atoms with Crippen molar-refractivity contribution in [3.63, 3.8) is 0 Å². The van der Waals surface area contributed by atoms with E-state index in [0.29, 0.717) is 0 Å². The standard InChI is InChI=1S/C4H3F3N2O2S/c1-2-8-3(10-9-2)12-11-4(5,6)7/h1H3. The van der Waals surface area contributed by atoms with Crippen LogP contribution in [0.3, 0.4) is 0 Å². The van der Waals surface area contributed by atoms with Gasteiger partial charge in [0.05, 0.1) is 0 Å². The Kier molecular flexibility index (Phi) is 2.58. The number of hydrogen-bond donors (Lipinski definition) is 0. The Morgan fingerprint density at radius 3 is 2.58 bits per heavy atom. The molecule has 0 atom stereocenters. The van der Waals surface area contributed by atoms with Gasteiger partial charge in [-0.05, 0) is 6.92 Å². The summed E-state index contributed by atoms with van der Waals surface area (Å²) in [6, 6.07) is 0. The van der Waals surface area contributed by atoms with Crippen molar-refractivity contribution in [3.8, 4) is 0 Å². The molecule has 0 aliphatic heterocycles. The van der Waals surface area contributed by atoms with Crippen molar-refractivity contribution in [3.05, 3.63) is 5.82 Å². The number of nitrogens with zero attached hydrogens (tertiary/aromatic N) is 2. The van der Waals surface area contributed by atoms with E-state index in [-0.39, 0.29) is 23.1 Å². The average molecular weight is 200 g/mol. The van der Waals surface area contributed by atoms with Crippen LogP contribution in [0.1, 0.15) is 5.82 Å². The van der Waals surface area contributed by atoms with Gasteiger partial charge in [0.1, 0.15) is 12.0 Å². The first kappa shape index (κ1) is 9.33. The van der Waals surface area contributed by atoms with Crippen LogP contribution in [0.15, 0.2) is 9.75 Å².